The zero-order valence-corrected chi connectivity index (χ0v) is 15.3. The highest BCUT2D eigenvalue weighted by molar-refractivity contribution is 5.95. The highest BCUT2D eigenvalue weighted by atomic mass is 16.2. The van der Waals surface area contributed by atoms with Gasteiger partial charge in [-0.25, -0.2) is 0 Å². The molecule has 1 aromatic carbocycles. The van der Waals surface area contributed by atoms with Crippen LogP contribution in [0.5, 0.6) is 0 Å². The Balaban J connectivity index is 1.69. The molecule has 7 heteroatoms. The number of benzene rings is 1. The molecule has 1 unspecified atom stereocenters. The smallest absolute Gasteiger partial charge is 0.244 e. The van der Waals surface area contributed by atoms with Gasteiger partial charge in [0.05, 0.1) is 5.69 Å². The Morgan fingerprint density at radius 2 is 1.96 bits per heavy atom. The van der Waals surface area contributed by atoms with Crippen LogP contribution < -0.4 is 16.0 Å². The van der Waals surface area contributed by atoms with Crippen molar-refractivity contribution in [1.82, 2.24) is 20.4 Å². The Kier molecular flexibility index (Phi) is 6.96. The molecule has 138 valence electrons. The second kappa shape index (κ2) is 9.41. The average Bonchev–Trinajstić information content (AvgIpc) is 2.95. The highest BCUT2D eigenvalue weighted by Gasteiger charge is 2.13. The maximum atomic E-state index is 12.0. The molecule has 7 nitrogen and oxygen atoms in total. The number of nitrogens with one attached hydrogen (secondary N) is 3. The molecule has 2 aromatic rings. The molecule has 0 saturated carbocycles. The number of carbonyl (C=O) groups excluding carboxylic acids is 2. The van der Waals surface area contributed by atoms with Crippen molar-refractivity contribution >= 4 is 23.7 Å². The van der Waals surface area contributed by atoms with Crippen molar-refractivity contribution in [3.63, 3.8) is 0 Å². The van der Waals surface area contributed by atoms with Crippen molar-refractivity contribution in [2.24, 2.45) is 7.05 Å². The third-order valence-electron chi connectivity index (χ3n) is 3.71. The summed E-state index contributed by atoms with van der Waals surface area (Å²) in [6.07, 6.45) is 3.13. The molecule has 0 saturated heterocycles. The first-order valence-electron chi connectivity index (χ1n) is 8.51. The first kappa shape index (κ1) is 19.2. The second-order valence-corrected chi connectivity index (χ2v) is 5.99. The highest BCUT2D eigenvalue weighted by Crippen LogP contribution is 2.06. The number of hydrogen-bond donors (Lipinski definition) is 3. The van der Waals surface area contributed by atoms with Crippen molar-refractivity contribution < 1.29 is 9.59 Å². The lowest BCUT2D eigenvalue weighted by Crippen LogP contribution is -2.45. The van der Waals surface area contributed by atoms with E-state index in [9.17, 15) is 9.59 Å². The monoisotopic (exact) mass is 355 g/mol. The maximum absolute atomic E-state index is 12.0. The molecule has 1 heterocycles. The van der Waals surface area contributed by atoms with E-state index in [0.29, 0.717) is 13.1 Å². The molecule has 0 radical (unpaired) electrons. The quantitative estimate of drug-likeness (QED) is 0.494. The van der Waals surface area contributed by atoms with E-state index in [-0.39, 0.29) is 11.8 Å². The number of anilines is 1. The van der Waals surface area contributed by atoms with Crippen LogP contribution >= 0.6 is 0 Å². The van der Waals surface area contributed by atoms with Crippen LogP contribution in [0.25, 0.3) is 6.08 Å². The van der Waals surface area contributed by atoms with Crippen LogP contribution in [0.1, 0.15) is 18.2 Å². The molecule has 0 spiro atoms. The number of aryl methyl sites for hydroxylation is 2. The van der Waals surface area contributed by atoms with Crippen molar-refractivity contribution in [1.29, 1.82) is 0 Å². The molecule has 0 bridgehead atoms. The van der Waals surface area contributed by atoms with E-state index in [0.717, 1.165) is 17.1 Å². The summed E-state index contributed by atoms with van der Waals surface area (Å²) in [5.74, 6) is 0.360. The van der Waals surface area contributed by atoms with Crippen molar-refractivity contribution in [2.75, 3.05) is 18.4 Å². The predicted octanol–water partition coefficient (Wildman–Crippen LogP) is 1.47. The van der Waals surface area contributed by atoms with Gasteiger partial charge >= 0.3 is 0 Å². The third kappa shape index (κ3) is 6.08. The molecule has 1 aromatic heterocycles. The zero-order chi connectivity index (χ0) is 18.9. The summed E-state index contributed by atoms with van der Waals surface area (Å²) in [5, 5.41) is 12.9. The van der Waals surface area contributed by atoms with E-state index in [1.807, 2.05) is 50.4 Å². The molecule has 0 aliphatic carbocycles. The standard InChI is InChI=1S/C19H25N5O2/c1-14-13-17(24(3)23-14)20-11-12-21-19(26)15(2)22-18(25)10-9-16-7-5-4-6-8-16/h4-10,13,15,20H,11-12H2,1-3H3,(H,21,26)(H,22,25)/b10-9+. The van der Waals surface area contributed by atoms with E-state index in [1.165, 1.54) is 6.08 Å². The molecule has 3 N–H and O–H groups in total. The van der Waals surface area contributed by atoms with Gasteiger partial charge in [-0.05, 0) is 25.5 Å². The van der Waals surface area contributed by atoms with Gasteiger partial charge in [-0.2, -0.15) is 5.10 Å². The van der Waals surface area contributed by atoms with Gasteiger partial charge in [-0.1, -0.05) is 30.3 Å². The summed E-state index contributed by atoms with van der Waals surface area (Å²) in [5.41, 5.74) is 1.86. The average molecular weight is 355 g/mol. The molecular weight excluding hydrogens is 330 g/mol. The molecule has 26 heavy (non-hydrogen) atoms. The van der Waals surface area contributed by atoms with Crippen LogP contribution in [-0.4, -0.2) is 40.7 Å². The Morgan fingerprint density at radius 1 is 1.23 bits per heavy atom. The normalized spacial score (nSPS) is 12.0. The fraction of sp³-hybridized carbons (Fsp3) is 0.316. The fourth-order valence-electron chi connectivity index (χ4n) is 2.37. The van der Waals surface area contributed by atoms with Crippen molar-refractivity contribution in [3.8, 4) is 0 Å². The van der Waals surface area contributed by atoms with E-state index >= 15 is 0 Å². The van der Waals surface area contributed by atoms with Gasteiger partial charge in [0.15, 0.2) is 0 Å². The molecule has 2 amide bonds. The van der Waals surface area contributed by atoms with Crippen LogP contribution in [0.2, 0.25) is 0 Å². The molecule has 2 rings (SSSR count). The number of hydrogen-bond acceptors (Lipinski definition) is 4. The predicted molar refractivity (Wildman–Crippen MR) is 103 cm³/mol. The van der Waals surface area contributed by atoms with Crippen LogP contribution in [0.15, 0.2) is 42.5 Å². The number of carbonyl (C=O) groups is 2. The van der Waals surface area contributed by atoms with Gasteiger partial charge in [-0.3, -0.25) is 14.3 Å². The number of nitrogens with zero attached hydrogens (tertiary/aromatic N) is 2. The fourth-order valence-corrected chi connectivity index (χ4v) is 2.37. The number of rotatable bonds is 8. The Morgan fingerprint density at radius 3 is 2.62 bits per heavy atom. The van der Waals surface area contributed by atoms with Crippen LogP contribution in [0.4, 0.5) is 5.82 Å². The van der Waals surface area contributed by atoms with Crippen molar-refractivity contribution in [3.05, 3.63) is 53.7 Å². The summed E-state index contributed by atoms with van der Waals surface area (Å²) in [6.45, 7) is 4.59. The lowest BCUT2D eigenvalue weighted by molar-refractivity contribution is -0.126. The molecule has 0 aliphatic rings. The second-order valence-electron chi connectivity index (χ2n) is 5.99. The minimum absolute atomic E-state index is 0.227. The number of aromatic nitrogens is 2. The van der Waals surface area contributed by atoms with Gasteiger partial charge in [-0.15, -0.1) is 0 Å². The van der Waals surface area contributed by atoms with Gasteiger partial charge in [0.2, 0.25) is 11.8 Å². The Hall–Kier alpha value is -3.09. The molecule has 1 atom stereocenters. The van der Waals surface area contributed by atoms with Crippen LogP contribution in [0.3, 0.4) is 0 Å². The summed E-state index contributed by atoms with van der Waals surface area (Å²) in [7, 11) is 1.86. The van der Waals surface area contributed by atoms with E-state index < -0.39 is 6.04 Å². The van der Waals surface area contributed by atoms with Gasteiger partial charge < -0.3 is 16.0 Å². The third-order valence-corrected chi connectivity index (χ3v) is 3.71. The van der Waals surface area contributed by atoms with Gasteiger partial charge in [0.25, 0.3) is 0 Å². The first-order valence-corrected chi connectivity index (χ1v) is 8.51. The zero-order valence-electron chi connectivity index (χ0n) is 15.3. The molecular formula is C19H25N5O2. The summed E-state index contributed by atoms with van der Waals surface area (Å²) < 4.78 is 1.75. The van der Waals surface area contributed by atoms with Crippen LogP contribution in [0, 0.1) is 6.92 Å². The van der Waals surface area contributed by atoms with E-state index in [2.05, 4.69) is 21.0 Å². The van der Waals surface area contributed by atoms with Gasteiger partial charge in [0, 0.05) is 32.3 Å². The van der Waals surface area contributed by atoms with Crippen molar-refractivity contribution in [2.45, 2.75) is 19.9 Å². The lowest BCUT2D eigenvalue weighted by atomic mass is 10.2. The first-order chi connectivity index (χ1) is 12.5. The number of amides is 2. The van der Waals surface area contributed by atoms with Gasteiger partial charge in [0.1, 0.15) is 11.9 Å². The summed E-state index contributed by atoms with van der Waals surface area (Å²) in [4.78, 5) is 23.9. The summed E-state index contributed by atoms with van der Waals surface area (Å²) in [6, 6.07) is 10.8. The Labute approximate surface area is 153 Å². The molecule has 0 fully saturated rings. The summed E-state index contributed by atoms with van der Waals surface area (Å²) >= 11 is 0. The minimum Gasteiger partial charge on any atom is -0.369 e. The minimum atomic E-state index is -0.609. The Bertz CT molecular complexity index is 767. The molecule has 0 aliphatic heterocycles. The largest absolute Gasteiger partial charge is 0.369 e. The van der Waals surface area contributed by atoms with E-state index in [1.54, 1.807) is 17.7 Å². The topological polar surface area (TPSA) is 88.0 Å². The SMILES string of the molecule is Cc1cc(NCCNC(=O)C(C)NC(=O)/C=C/c2ccccc2)n(C)n1. The van der Waals surface area contributed by atoms with E-state index in [4.69, 9.17) is 0 Å². The maximum Gasteiger partial charge on any atom is 0.244 e. The lowest BCUT2D eigenvalue weighted by Gasteiger charge is -2.13. The van der Waals surface area contributed by atoms with Crippen LogP contribution in [-0.2, 0) is 16.6 Å².